The Bertz CT molecular complexity index is 316. The Kier molecular flexibility index (Phi) is 29.5. The van der Waals surface area contributed by atoms with Gasteiger partial charge in [0.2, 0.25) is 0 Å². The minimum absolute atomic E-state index is 0. The van der Waals surface area contributed by atoms with Crippen molar-refractivity contribution in [1.29, 1.82) is 0 Å². The van der Waals surface area contributed by atoms with E-state index in [-0.39, 0.29) is 24.0 Å². The molecule has 0 aromatic carbocycles. The smallest absolute Gasteiger partial charge is 0.0122 e. The molecule has 0 aromatic heterocycles. The molecule has 0 rings (SSSR count). The lowest BCUT2D eigenvalue weighted by atomic mass is 9.77. The zero-order chi connectivity index (χ0) is 23.0. The lowest BCUT2D eigenvalue weighted by molar-refractivity contribution is 0.269. The van der Waals surface area contributed by atoms with Crippen molar-refractivity contribution in [3.63, 3.8) is 0 Å². The van der Waals surface area contributed by atoms with Crippen LogP contribution in [-0.4, -0.2) is 5.16 Å². The predicted molar refractivity (Wildman–Crippen MR) is 165 cm³/mol. The molecule has 1 unspecified atom stereocenters. The van der Waals surface area contributed by atoms with Crippen LogP contribution in [0.4, 0.5) is 0 Å². The Morgan fingerprint density at radius 1 is 0.438 bits per heavy atom. The van der Waals surface area contributed by atoms with E-state index in [0.29, 0.717) is 5.16 Å². The molecule has 2 heteroatoms. The molecule has 32 heavy (non-hydrogen) atoms. The van der Waals surface area contributed by atoms with Gasteiger partial charge in [-0.3, -0.25) is 0 Å². The highest BCUT2D eigenvalue weighted by Gasteiger charge is 2.32. The largest absolute Gasteiger partial charge is 0.131 e. The van der Waals surface area contributed by atoms with Crippen LogP contribution in [0.25, 0.3) is 0 Å². The van der Waals surface area contributed by atoms with Crippen molar-refractivity contribution in [2.75, 3.05) is 0 Å². The molecule has 0 bridgehead atoms. The quantitative estimate of drug-likeness (QED) is 0.0571. The molecule has 0 spiro atoms. The van der Waals surface area contributed by atoms with Gasteiger partial charge in [0.05, 0.1) is 0 Å². The fourth-order valence-electron chi connectivity index (χ4n) is 5.36. The molecule has 0 aliphatic heterocycles. The molecule has 0 N–H and O–H groups in total. The van der Waals surface area contributed by atoms with Gasteiger partial charge < -0.3 is 0 Å². The summed E-state index contributed by atoms with van der Waals surface area (Å²) in [6.07, 6.45) is 34.6. The molecule has 0 nitrogen and oxygen atoms in total. The predicted octanol–water partition coefficient (Wildman–Crippen LogP) is 12.3. The molecule has 0 aliphatic rings. The van der Waals surface area contributed by atoms with Crippen molar-refractivity contribution in [2.24, 2.45) is 5.92 Å². The first kappa shape index (κ1) is 35.3. The summed E-state index contributed by atoms with van der Waals surface area (Å²) in [4.78, 5) is 0. The maximum Gasteiger partial charge on any atom is -0.0122 e. The number of unbranched alkanes of at least 4 members (excludes halogenated alkanes) is 16. The number of halogens is 1. The number of hydrogen-bond acceptors (Lipinski definition) is 0. The van der Waals surface area contributed by atoms with E-state index in [0.717, 1.165) is 5.92 Å². The minimum atomic E-state index is 0. The van der Waals surface area contributed by atoms with E-state index in [1.54, 1.807) is 0 Å². The Morgan fingerprint density at radius 3 is 1.03 bits per heavy atom. The molecule has 196 valence electrons. The normalized spacial score (nSPS) is 11.8. The van der Waals surface area contributed by atoms with Crippen molar-refractivity contribution < 1.29 is 0 Å². The Hall–Kier alpha value is 1.16. The van der Waals surface area contributed by atoms with Gasteiger partial charge in [-0.1, -0.05) is 156 Å². The summed E-state index contributed by atoms with van der Waals surface area (Å²) >= 11 is 0. The topological polar surface area (TPSA) is 0 Å². The molecule has 0 saturated heterocycles. The minimum Gasteiger partial charge on any atom is -0.131 e. The van der Waals surface area contributed by atoms with Crippen LogP contribution in [0.15, 0.2) is 0 Å². The van der Waals surface area contributed by atoms with Crippen LogP contribution < -0.4 is 0 Å². The van der Waals surface area contributed by atoms with Crippen LogP contribution in [0.2, 0.25) is 0 Å². The SMILES string of the molecule is CCCCCCCC(CCCCCCC)C(P)(CCCCCCC)CCCCCCC.I. The summed E-state index contributed by atoms with van der Waals surface area (Å²) in [5.41, 5.74) is 0. The van der Waals surface area contributed by atoms with Crippen LogP contribution in [0.1, 0.15) is 182 Å². The van der Waals surface area contributed by atoms with Crippen LogP contribution in [0, 0.1) is 5.92 Å². The number of rotatable bonds is 25. The van der Waals surface area contributed by atoms with Gasteiger partial charge >= 0.3 is 0 Å². The highest BCUT2D eigenvalue weighted by Crippen LogP contribution is 2.44. The van der Waals surface area contributed by atoms with E-state index < -0.39 is 0 Å². The molecule has 0 amide bonds. The Labute approximate surface area is 225 Å². The first-order chi connectivity index (χ1) is 15.1. The van der Waals surface area contributed by atoms with E-state index >= 15 is 0 Å². The second-order valence-electron chi connectivity index (χ2n) is 10.7. The van der Waals surface area contributed by atoms with E-state index in [2.05, 4.69) is 36.9 Å². The van der Waals surface area contributed by atoms with Crippen molar-refractivity contribution in [3.8, 4) is 0 Å². The standard InChI is InChI=1S/C30H63P.HI/c1-5-9-13-17-21-25-29(26-22-18-14-10-6-2)30(31,27-23-19-15-11-7-3)28-24-20-16-12-8-4;/h29H,5-28,31H2,1-4H3;1H. The first-order valence-corrected chi connectivity index (χ1v) is 15.5. The lowest BCUT2D eigenvalue weighted by Crippen LogP contribution is -2.32. The van der Waals surface area contributed by atoms with E-state index in [4.69, 9.17) is 0 Å². The van der Waals surface area contributed by atoms with E-state index in [1.807, 2.05) is 0 Å². The van der Waals surface area contributed by atoms with Gasteiger partial charge in [0.15, 0.2) is 0 Å². The summed E-state index contributed by atoms with van der Waals surface area (Å²) in [6.45, 7) is 9.35. The highest BCUT2D eigenvalue weighted by molar-refractivity contribution is 14.0. The van der Waals surface area contributed by atoms with Crippen LogP contribution in [0.5, 0.6) is 0 Å². The summed E-state index contributed by atoms with van der Waals surface area (Å²) in [7, 11) is 3.49. The van der Waals surface area contributed by atoms with Crippen molar-refractivity contribution in [3.05, 3.63) is 0 Å². The molecule has 0 aliphatic carbocycles. The van der Waals surface area contributed by atoms with Crippen molar-refractivity contribution in [2.45, 2.75) is 187 Å². The van der Waals surface area contributed by atoms with Crippen molar-refractivity contribution in [1.82, 2.24) is 0 Å². The summed E-state index contributed by atoms with van der Waals surface area (Å²) in [5.74, 6) is 0.943. The van der Waals surface area contributed by atoms with Crippen molar-refractivity contribution >= 4 is 33.2 Å². The van der Waals surface area contributed by atoms with Gasteiger partial charge in [-0.15, -0.1) is 33.2 Å². The third-order valence-electron chi connectivity index (χ3n) is 7.62. The van der Waals surface area contributed by atoms with Gasteiger partial charge in [0, 0.05) is 0 Å². The maximum atomic E-state index is 3.49. The third-order valence-corrected chi connectivity index (χ3v) is 8.67. The van der Waals surface area contributed by atoms with Gasteiger partial charge in [0.1, 0.15) is 0 Å². The van der Waals surface area contributed by atoms with Gasteiger partial charge in [0.25, 0.3) is 0 Å². The fraction of sp³-hybridized carbons (Fsp3) is 1.00. The highest BCUT2D eigenvalue weighted by atomic mass is 127. The Balaban J connectivity index is 0. The molecule has 0 saturated carbocycles. The van der Waals surface area contributed by atoms with Crippen LogP contribution in [0.3, 0.4) is 0 Å². The van der Waals surface area contributed by atoms with Gasteiger partial charge in [-0.2, -0.15) is 0 Å². The molecular weight excluding hydrogens is 518 g/mol. The second kappa shape index (κ2) is 26.8. The van der Waals surface area contributed by atoms with Gasteiger partial charge in [-0.25, -0.2) is 0 Å². The number of hydrogen-bond donors (Lipinski definition) is 0. The maximum absolute atomic E-state index is 3.49. The van der Waals surface area contributed by atoms with Crippen LogP contribution in [-0.2, 0) is 0 Å². The molecule has 0 heterocycles. The lowest BCUT2D eigenvalue weighted by Gasteiger charge is -2.39. The Morgan fingerprint density at radius 2 is 0.719 bits per heavy atom. The zero-order valence-corrected chi connectivity index (χ0v) is 26.5. The van der Waals surface area contributed by atoms with E-state index in [9.17, 15) is 0 Å². The summed E-state index contributed by atoms with van der Waals surface area (Å²) in [5, 5.41) is 0.522. The third kappa shape index (κ3) is 20.5. The van der Waals surface area contributed by atoms with E-state index in [1.165, 1.54) is 154 Å². The molecule has 1 atom stereocenters. The first-order valence-electron chi connectivity index (χ1n) is 14.9. The fourth-order valence-corrected chi connectivity index (χ4v) is 6.10. The average molecular weight is 583 g/mol. The molecular formula is C30H64IP. The van der Waals surface area contributed by atoms with Crippen LogP contribution >= 0.6 is 33.2 Å². The molecule has 0 radical (unpaired) electrons. The van der Waals surface area contributed by atoms with Gasteiger partial charge in [-0.05, 0) is 36.8 Å². The summed E-state index contributed by atoms with van der Waals surface area (Å²) in [6, 6.07) is 0. The monoisotopic (exact) mass is 582 g/mol. The summed E-state index contributed by atoms with van der Waals surface area (Å²) < 4.78 is 0. The average Bonchev–Trinajstić information content (AvgIpc) is 2.77. The molecule has 0 aromatic rings. The molecule has 0 fully saturated rings. The zero-order valence-electron chi connectivity index (χ0n) is 23.0. The second-order valence-corrected chi connectivity index (χ2v) is 11.8.